The Morgan fingerprint density at radius 3 is 2.64 bits per heavy atom. The molecule has 6 nitrogen and oxygen atoms in total. The molecule has 112 valence electrons. The van der Waals surface area contributed by atoms with Gasteiger partial charge in [-0.3, -0.25) is 0 Å². The Hall–Kier alpha value is -2.60. The van der Waals surface area contributed by atoms with Crippen molar-refractivity contribution in [2.24, 2.45) is 0 Å². The largest absolute Gasteiger partial charge is 0.508 e. The maximum absolute atomic E-state index is 9.41. The molecule has 2 aromatic heterocycles. The summed E-state index contributed by atoms with van der Waals surface area (Å²) in [7, 11) is 0. The van der Waals surface area contributed by atoms with Crippen molar-refractivity contribution in [3.8, 4) is 17.0 Å². The van der Waals surface area contributed by atoms with E-state index in [1.807, 2.05) is 12.1 Å². The zero-order chi connectivity index (χ0) is 14.9. The van der Waals surface area contributed by atoms with Crippen molar-refractivity contribution < 1.29 is 9.84 Å². The summed E-state index contributed by atoms with van der Waals surface area (Å²) in [5, 5.41) is 10.4. The lowest BCUT2D eigenvalue weighted by molar-refractivity contribution is 0.122. The third-order valence-electron chi connectivity index (χ3n) is 3.89. The summed E-state index contributed by atoms with van der Waals surface area (Å²) >= 11 is 0. The van der Waals surface area contributed by atoms with Crippen LogP contribution in [0.4, 0.5) is 5.82 Å². The summed E-state index contributed by atoms with van der Waals surface area (Å²) in [5.74, 6) is 1.20. The number of ether oxygens (including phenoxy) is 1. The van der Waals surface area contributed by atoms with Crippen molar-refractivity contribution in [2.45, 2.75) is 0 Å². The number of fused-ring (bicyclic) bond motifs is 1. The van der Waals surface area contributed by atoms with Crippen LogP contribution in [0.15, 0.2) is 36.7 Å². The quantitative estimate of drug-likeness (QED) is 0.758. The third kappa shape index (κ3) is 2.27. The Labute approximate surface area is 127 Å². The Morgan fingerprint density at radius 2 is 1.86 bits per heavy atom. The lowest BCUT2D eigenvalue weighted by Crippen LogP contribution is -2.36. The molecule has 1 aliphatic rings. The van der Waals surface area contributed by atoms with Crippen molar-refractivity contribution >= 4 is 16.9 Å². The summed E-state index contributed by atoms with van der Waals surface area (Å²) in [4.78, 5) is 14.3. The fourth-order valence-corrected chi connectivity index (χ4v) is 2.75. The van der Waals surface area contributed by atoms with Gasteiger partial charge < -0.3 is 19.7 Å². The van der Waals surface area contributed by atoms with E-state index in [2.05, 4.69) is 25.9 Å². The number of aromatic nitrogens is 3. The highest BCUT2D eigenvalue weighted by Gasteiger charge is 2.17. The summed E-state index contributed by atoms with van der Waals surface area (Å²) in [6, 6.07) is 9.17. The minimum absolute atomic E-state index is 0.258. The van der Waals surface area contributed by atoms with Crippen LogP contribution < -0.4 is 4.90 Å². The monoisotopic (exact) mass is 296 g/mol. The van der Waals surface area contributed by atoms with E-state index in [9.17, 15) is 5.11 Å². The van der Waals surface area contributed by atoms with Crippen LogP contribution in [-0.4, -0.2) is 46.4 Å². The fourth-order valence-electron chi connectivity index (χ4n) is 2.75. The van der Waals surface area contributed by atoms with Crippen molar-refractivity contribution in [3.63, 3.8) is 0 Å². The predicted octanol–water partition coefficient (Wildman–Crippen LogP) is 2.17. The second-order valence-electron chi connectivity index (χ2n) is 5.29. The normalized spacial score (nSPS) is 15.4. The van der Waals surface area contributed by atoms with Gasteiger partial charge >= 0.3 is 0 Å². The van der Waals surface area contributed by atoms with E-state index in [1.54, 1.807) is 18.5 Å². The minimum atomic E-state index is 0.258. The molecule has 0 bridgehead atoms. The zero-order valence-electron chi connectivity index (χ0n) is 12.0. The van der Waals surface area contributed by atoms with Crippen molar-refractivity contribution in [3.05, 3.63) is 36.7 Å². The minimum Gasteiger partial charge on any atom is -0.508 e. The molecule has 1 fully saturated rings. The molecule has 0 amide bonds. The van der Waals surface area contributed by atoms with E-state index in [0.29, 0.717) is 0 Å². The van der Waals surface area contributed by atoms with Crippen LogP contribution >= 0.6 is 0 Å². The van der Waals surface area contributed by atoms with Crippen LogP contribution in [0.1, 0.15) is 0 Å². The average molecular weight is 296 g/mol. The molecule has 22 heavy (non-hydrogen) atoms. The molecule has 3 aromatic rings. The molecule has 6 heteroatoms. The summed E-state index contributed by atoms with van der Waals surface area (Å²) in [6.07, 6.45) is 1.59. The van der Waals surface area contributed by atoms with Crippen molar-refractivity contribution in [2.75, 3.05) is 31.2 Å². The fraction of sp³-hybridized carbons (Fsp3) is 0.250. The first-order chi connectivity index (χ1) is 10.8. The van der Waals surface area contributed by atoms with Gasteiger partial charge in [0, 0.05) is 18.8 Å². The van der Waals surface area contributed by atoms with E-state index in [0.717, 1.165) is 54.4 Å². The Kier molecular flexibility index (Phi) is 3.16. The lowest BCUT2D eigenvalue weighted by Gasteiger charge is -2.27. The number of rotatable bonds is 2. The molecule has 0 saturated carbocycles. The molecule has 1 aliphatic heterocycles. The van der Waals surface area contributed by atoms with Gasteiger partial charge in [0.15, 0.2) is 0 Å². The van der Waals surface area contributed by atoms with Crippen LogP contribution in [0, 0.1) is 0 Å². The molecule has 0 radical (unpaired) electrons. The predicted molar refractivity (Wildman–Crippen MR) is 84.0 cm³/mol. The highest BCUT2D eigenvalue weighted by Crippen LogP contribution is 2.29. The van der Waals surface area contributed by atoms with E-state index < -0.39 is 0 Å². The van der Waals surface area contributed by atoms with Crippen molar-refractivity contribution in [1.29, 1.82) is 0 Å². The molecular weight excluding hydrogens is 280 g/mol. The Balaban J connectivity index is 1.78. The number of aromatic hydroxyl groups is 1. The van der Waals surface area contributed by atoms with Gasteiger partial charge in [-0.25, -0.2) is 9.97 Å². The second-order valence-corrected chi connectivity index (χ2v) is 5.29. The molecular formula is C16H16N4O2. The molecule has 2 N–H and O–H groups in total. The number of hydrogen-bond donors (Lipinski definition) is 2. The molecule has 0 aliphatic carbocycles. The first kappa shape index (κ1) is 13.1. The Morgan fingerprint density at radius 1 is 1.09 bits per heavy atom. The van der Waals surface area contributed by atoms with Gasteiger partial charge in [-0.05, 0) is 35.9 Å². The number of H-pyrrole nitrogens is 1. The highest BCUT2D eigenvalue weighted by atomic mass is 16.5. The van der Waals surface area contributed by atoms with Gasteiger partial charge in [-0.2, -0.15) is 0 Å². The topological polar surface area (TPSA) is 74.3 Å². The molecule has 0 unspecified atom stereocenters. The number of nitrogens with one attached hydrogen (secondary N) is 1. The molecule has 0 spiro atoms. The molecule has 4 rings (SSSR count). The number of nitrogens with zero attached hydrogens (tertiary/aromatic N) is 3. The molecule has 1 aromatic carbocycles. The first-order valence-corrected chi connectivity index (χ1v) is 7.27. The summed E-state index contributed by atoms with van der Waals surface area (Å²) < 4.78 is 5.40. The van der Waals surface area contributed by atoms with Gasteiger partial charge in [0.05, 0.1) is 18.6 Å². The lowest BCUT2D eigenvalue weighted by atomic mass is 10.1. The van der Waals surface area contributed by atoms with Gasteiger partial charge in [0.25, 0.3) is 0 Å². The number of benzene rings is 1. The number of hydrogen-bond acceptors (Lipinski definition) is 5. The van der Waals surface area contributed by atoms with Crippen LogP contribution in [-0.2, 0) is 4.74 Å². The third-order valence-corrected chi connectivity index (χ3v) is 3.89. The van der Waals surface area contributed by atoms with Gasteiger partial charge in [-0.1, -0.05) is 0 Å². The van der Waals surface area contributed by atoms with Crippen LogP contribution in [0.5, 0.6) is 5.75 Å². The molecule has 1 saturated heterocycles. The first-order valence-electron chi connectivity index (χ1n) is 7.27. The van der Waals surface area contributed by atoms with Gasteiger partial charge in [0.2, 0.25) is 0 Å². The van der Waals surface area contributed by atoms with Crippen molar-refractivity contribution in [1.82, 2.24) is 15.0 Å². The summed E-state index contributed by atoms with van der Waals surface area (Å²) in [6.45, 7) is 3.12. The number of phenols is 1. The maximum atomic E-state index is 9.41. The number of anilines is 1. The van der Waals surface area contributed by atoms with Gasteiger partial charge in [0.1, 0.15) is 23.5 Å². The van der Waals surface area contributed by atoms with Gasteiger partial charge in [-0.15, -0.1) is 0 Å². The summed E-state index contributed by atoms with van der Waals surface area (Å²) in [5.41, 5.74) is 2.79. The number of phenolic OH excluding ortho intramolecular Hbond substituents is 1. The zero-order valence-corrected chi connectivity index (χ0v) is 12.0. The number of aromatic amines is 1. The average Bonchev–Trinajstić information content (AvgIpc) is 3.00. The van der Waals surface area contributed by atoms with E-state index in [-0.39, 0.29) is 5.75 Å². The number of morpholine rings is 1. The van der Waals surface area contributed by atoms with Crippen LogP contribution in [0.25, 0.3) is 22.3 Å². The Bertz CT molecular complexity index is 792. The van der Waals surface area contributed by atoms with E-state index in [1.165, 1.54) is 0 Å². The van der Waals surface area contributed by atoms with Crippen LogP contribution in [0.3, 0.4) is 0 Å². The second kappa shape index (κ2) is 5.31. The molecule has 3 heterocycles. The highest BCUT2D eigenvalue weighted by molar-refractivity contribution is 5.91. The smallest absolute Gasteiger partial charge is 0.143 e. The maximum Gasteiger partial charge on any atom is 0.143 e. The van der Waals surface area contributed by atoms with Crippen LogP contribution in [0.2, 0.25) is 0 Å². The van der Waals surface area contributed by atoms with E-state index >= 15 is 0 Å². The SMILES string of the molecule is Oc1ccc(-c2cc3c(N4CCOCC4)ncnc3[nH]2)cc1. The molecule has 0 atom stereocenters. The van der Waals surface area contributed by atoms with E-state index in [4.69, 9.17) is 4.74 Å². The standard InChI is InChI=1S/C16H16N4O2/c21-12-3-1-11(2-4-12)14-9-13-15(19-14)17-10-18-16(13)20-5-7-22-8-6-20/h1-4,9-10,21H,5-8H2,(H,17,18,19).